The fourth-order valence-electron chi connectivity index (χ4n) is 4.38. The molecular weight excluding hydrogens is 318 g/mol. The summed E-state index contributed by atoms with van der Waals surface area (Å²) < 4.78 is 0. The van der Waals surface area contributed by atoms with Crippen LogP contribution < -0.4 is 5.73 Å². The molecule has 2 aliphatic rings. The topological polar surface area (TPSA) is 70.1 Å². The Kier molecular flexibility index (Phi) is 3.48. The summed E-state index contributed by atoms with van der Waals surface area (Å²) in [6, 6.07) is 14.6. The maximum absolute atomic E-state index is 11.2. The molecule has 1 aromatic carbocycles. The largest absolute Gasteiger partial charge is 0.366 e. The van der Waals surface area contributed by atoms with Crippen molar-refractivity contribution < 1.29 is 4.79 Å². The predicted octanol–water partition coefficient (Wildman–Crippen LogP) is 2.90. The van der Waals surface area contributed by atoms with E-state index in [0.717, 1.165) is 38.0 Å². The van der Waals surface area contributed by atoms with Gasteiger partial charge in [0.05, 0.1) is 17.0 Å². The first-order valence-electron chi connectivity index (χ1n) is 8.11. The van der Waals surface area contributed by atoms with E-state index in [4.69, 9.17) is 5.73 Å². The van der Waals surface area contributed by atoms with E-state index in [1.165, 1.54) is 4.88 Å². The quantitative estimate of drug-likeness (QED) is 0.932. The molecular formula is C19H19N3OS. The van der Waals surface area contributed by atoms with E-state index in [1.807, 2.05) is 29.6 Å². The Bertz CT molecular complexity index is 807. The van der Waals surface area contributed by atoms with Crippen molar-refractivity contribution in [3.8, 4) is 6.07 Å². The first kappa shape index (κ1) is 15.4. The first-order chi connectivity index (χ1) is 11.5. The van der Waals surface area contributed by atoms with Crippen molar-refractivity contribution in [1.82, 2.24) is 4.90 Å². The van der Waals surface area contributed by atoms with Gasteiger partial charge in [-0.1, -0.05) is 30.3 Å². The van der Waals surface area contributed by atoms with Gasteiger partial charge in [-0.3, -0.25) is 9.69 Å². The molecule has 1 aliphatic carbocycles. The van der Waals surface area contributed by atoms with Crippen LogP contribution in [-0.2, 0) is 12.0 Å². The number of nitrogens with zero attached hydrogens (tertiary/aromatic N) is 2. The number of nitrogens with two attached hydrogens (primary N) is 1. The van der Waals surface area contributed by atoms with Crippen molar-refractivity contribution in [3.63, 3.8) is 0 Å². The molecule has 5 heteroatoms. The van der Waals surface area contributed by atoms with Crippen LogP contribution >= 0.6 is 11.3 Å². The molecule has 122 valence electrons. The lowest BCUT2D eigenvalue weighted by atomic mass is 9.48. The normalized spacial score (nSPS) is 20.8. The van der Waals surface area contributed by atoms with E-state index in [0.29, 0.717) is 11.0 Å². The number of likely N-dealkylation sites (tertiary alicyclic amines) is 1. The molecule has 1 amide bonds. The van der Waals surface area contributed by atoms with Gasteiger partial charge < -0.3 is 5.73 Å². The smallest absolute Gasteiger partial charge is 0.249 e. The molecule has 1 saturated heterocycles. The van der Waals surface area contributed by atoms with Gasteiger partial charge >= 0.3 is 0 Å². The number of hydrogen-bond donors (Lipinski definition) is 1. The van der Waals surface area contributed by atoms with Gasteiger partial charge in [0.2, 0.25) is 5.91 Å². The summed E-state index contributed by atoms with van der Waals surface area (Å²) in [7, 11) is 0. The Morgan fingerprint density at radius 3 is 2.58 bits per heavy atom. The number of thiophene rings is 1. The van der Waals surface area contributed by atoms with E-state index in [2.05, 4.69) is 23.1 Å². The number of amides is 1. The van der Waals surface area contributed by atoms with Gasteiger partial charge in [0.25, 0.3) is 0 Å². The van der Waals surface area contributed by atoms with Crippen LogP contribution in [0.15, 0.2) is 41.8 Å². The number of benzene rings is 1. The summed E-state index contributed by atoms with van der Waals surface area (Å²) >= 11 is 1.59. The molecule has 0 atom stereocenters. The Balaban J connectivity index is 1.37. The third kappa shape index (κ3) is 2.43. The Labute approximate surface area is 145 Å². The summed E-state index contributed by atoms with van der Waals surface area (Å²) in [5, 5.41) is 11.5. The van der Waals surface area contributed by atoms with Gasteiger partial charge in [-0.15, -0.1) is 11.3 Å². The van der Waals surface area contributed by atoms with Crippen LogP contribution in [-0.4, -0.2) is 23.9 Å². The number of carbonyl (C=O) groups excluding carboxylic acids is 1. The molecule has 2 heterocycles. The van der Waals surface area contributed by atoms with Gasteiger partial charge in [-0.05, 0) is 29.9 Å². The summed E-state index contributed by atoms with van der Waals surface area (Å²) in [6.45, 7) is 2.94. The van der Waals surface area contributed by atoms with Crippen LogP contribution in [0.25, 0.3) is 0 Å². The van der Waals surface area contributed by atoms with Crippen LogP contribution in [0.3, 0.4) is 0 Å². The molecule has 0 radical (unpaired) electrons. The van der Waals surface area contributed by atoms with Crippen molar-refractivity contribution in [3.05, 3.63) is 57.8 Å². The standard InChI is InChI=1S/C19H19N3OS/c20-11-19(15-4-2-1-3-5-15)9-18(10-19)12-22(13-18)7-16-6-14(8-24-16)17(21)23/h1-6,8H,7,9-10,12-13H2,(H2,21,23). The van der Waals surface area contributed by atoms with Crippen LogP contribution in [0.2, 0.25) is 0 Å². The molecule has 0 unspecified atom stereocenters. The molecule has 4 nitrogen and oxygen atoms in total. The van der Waals surface area contributed by atoms with E-state index in [1.54, 1.807) is 11.3 Å². The van der Waals surface area contributed by atoms with Crippen LogP contribution in [0.1, 0.15) is 33.6 Å². The van der Waals surface area contributed by atoms with Gasteiger partial charge in [0.1, 0.15) is 0 Å². The van der Waals surface area contributed by atoms with Crippen LogP contribution in [0.4, 0.5) is 0 Å². The fourth-order valence-corrected chi connectivity index (χ4v) is 5.30. The molecule has 1 aromatic heterocycles. The monoisotopic (exact) mass is 337 g/mol. The highest BCUT2D eigenvalue weighted by Crippen LogP contribution is 2.59. The zero-order valence-electron chi connectivity index (χ0n) is 13.4. The van der Waals surface area contributed by atoms with Crippen molar-refractivity contribution in [2.75, 3.05) is 13.1 Å². The van der Waals surface area contributed by atoms with Gasteiger partial charge in [-0.25, -0.2) is 0 Å². The van der Waals surface area contributed by atoms with Crippen molar-refractivity contribution >= 4 is 17.2 Å². The lowest BCUT2D eigenvalue weighted by Gasteiger charge is -2.62. The highest BCUT2D eigenvalue weighted by molar-refractivity contribution is 7.10. The number of rotatable bonds is 4. The second-order valence-electron chi connectivity index (χ2n) is 7.22. The third-order valence-corrected chi connectivity index (χ3v) is 6.25. The highest BCUT2D eigenvalue weighted by atomic mass is 32.1. The molecule has 0 bridgehead atoms. The summed E-state index contributed by atoms with van der Waals surface area (Å²) in [5.74, 6) is -0.363. The van der Waals surface area contributed by atoms with E-state index < -0.39 is 0 Å². The first-order valence-corrected chi connectivity index (χ1v) is 8.99. The maximum atomic E-state index is 11.2. The molecule has 24 heavy (non-hydrogen) atoms. The van der Waals surface area contributed by atoms with E-state index in [-0.39, 0.29) is 11.3 Å². The lowest BCUT2D eigenvalue weighted by Crippen LogP contribution is -2.66. The molecule has 1 aliphatic heterocycles. The van der Waals surface area contributed by atoms with Crippen LogP contribution in [0, 0.1) is 16.7 Å². The number of primary amides is 1. The number of hydrogen-bond acceptors (Lipinski definition) is 4. The third-order valence-electron chi connectivity index (χ3n) is 5.33. The zero-order chi connectivity index (χ0) is 16.8. The molecule has 1 spiro atoms. The molecule has 2 N–H and O–H groups in total. The summed E-state index contributed by atoms with van der Waals surface area (Å²) in [4.78, 5) is 14.7. The molecule has 2 aromatic rings. The minimum Gasteiger partial charge on any atom is -0.366 e. The molecule has 2 fully saturated rings. The van der Waals surface area contributed by atoms with Gasteiger partial charge in [-0.2, -0.15) is 5.26 Å². The Morgan fingerprint density at radius 1 is 1.29 bits per heavy atom. The second kappa shape index (κ2) is 5.44. The van der Waals surface area contributed by atoms with Crippen molar-refractivity contribution in [1.29, 1.82) is 5.26 Å². The van der Waals surface area contributed by atoms with Crippen molar-refractivity contribution in [2.24, 2.45) is 11.1 Å². The average Bonchev–Trinajstić information content (AvgIpc) is 2.98. The molecule has 4 rings (SSSR count). The molecule has 1 saturated carbocycles. The minimum absolute atomic E-state index is 0.296. The Morgan fingerprint density at radius 2 is 2.00 bits per heavy atom. The SMILES string of the molecule is N#CC1(c2ccccc2)CC2(CN(Cc3cc(C(N)=O)cs3)C2)C1. The Hall–Kier alpha value is -2.16. The maximum Gasteiger partial charge on any atom is 0.249 e. The summed E-state index contributed by atoms with van der Waals surface area (Å²) in [6.07, 6.45) is 1.90. The summed E-state index contributed by atoms with van der Waals surface area (Å²) in [5.41, 5.74) is 7.06. The van der Waals surface area contributed by atoms with Gasteiger partial charge in [0, 0.05) is 29.9 Å². The van der Waals surface area contributed by atoms with E-state index >= 15 is 0 Å². The predicted molar refractivity (Wildman–Crippen MR) is 93.5 cm³/mol. The lowest BCUT2D eigenvalue weighted by molar-refractivity contribution is -0.0967. The number of nitriles is 1. The second-order valence-corrected chi connectivity index (χ2v) is 8.22. The van der Waals surface area contributed by atoms with Crippen LogP contribution in [0.5, 0.6) is 0 Å². The van der Waals surface area contributed by atoms with Crippen molar-refractivity contribution in [2.45, 2.75) is 24.8 Å². The van der Waals surface area contributed by atoms with Gasteiger partial charge in [0.15, 0.2) is 0 Å². The number of carbonyl (C=O) groups is 1. The average molecular weight is 337 g/mol. The zero-order valence-corrected chi connectivity index (χ0v) is 14.2. The highest BCUT2D eigenvalue weighted by Gasteiger charge is 2.60. The minimum atomic E-state index is -0.363. The fraction of sp³-hybridized carbons (Fsp3) is 0.368. The van der Waals surface area contributed by atoms with E-state index in [9.17, 15) is 10.1 Å².